The van der Waals surface area contributed by atoms with Crippen molar-refractivity contribution in [2.24, 2.45) is 5.73 Å². The van der Waals surface area contributed by atoms with E-state index in [0.717, 1.165) is 57.3 Å². The molecule has 0 radical (unpaired) electrons. The number of hydrogen-bond acceptors (Lipinski definition) is 4. The van der Waals surface area contributed by atoms with Crippen molar-refractivity contribution < 1.29 is 14.2 Å². The minimum Gasteiger partial charge on any atom is -0.497 e. The van der Waals surface area contributed by atoms with Gasteiger partial charge in [-0.2, -0.15) is 0 Å². The highest BCUT2D eigenvalue weighted by atomic mass is 16.5. The van der Waals surface area contributed by atoms with Crippen molar-refractivity contribution >= 4 is 0 Å². The Hall–Kier alpha value is -2.14. The summed E-state index contributed by atoms with van der Waals surface area (Å²) in [6, 6.07) is 17.1. The Bertz CT molecular complexity index is 1000. The van der Waals surface area contributed by atoms with Crippen LogP contribution in [-0.4, -0.2) is 32.5 Å². The first kappa shape index (κ1) is 21.7. The Kier molecular flexibility index (Phi) is 5.87. The molecule has 0 aromatic heterocycles. The van der Waals surface area contributed by atoms with Crippen molar-refractivity contribution in [2.45, 2.75) is 68.6 Å². The molecule has 2 unspecified atom stereocenters. The minimum atomic E-state index is -0.200. The number of rotatable bonds is 7. The Morgan fingerprint density at radius 3 is 2.62 bits per heavy atom. The summed E-state index contributed by atoms with van der Waals surface area (Å²) in [4.78, 5) is 0. The molecule has 170 valence electrons. The standard InChI is InChI=1S/C28H35NO3/c1-30-22-9-11-24-21(16-22)8-10-25-26-17-23(31-2)18-28(26,29)13-12-27(24,25)14-15-32-19-20-6-4-3-5-7-20/h3-7,9,11,16,23H,8,10,12-15,17-19,29H2,1-2H3/t23?,27?,28-/m1/s1. The average molecular weight is 434 g/mol. The van der Waals surface area contributed by atoms with Crippen molar-refractivity contribution in [1.29, 1.82) is 0 Å². The van der Waals surface area contributed by atoms with Gasteiger partial charge in [0, 0.05) is 24.7 Å². The summed E-state index contributed by atoms with van der Waals surface area (Å²) in [6.07, 6.45) is 7.35. The lowest BCUT2D eigenvalue weighted by molar-refractivity contribution is 0.0957. The molecular formula is C28H35NO3. The summed E-state index contributed by atoms with van der Waals surface area (Å²) in [6.45, 7) is 1.40. The van der Waals surface area contributed by atoms with Crippen LogP contribution in [0, 0.1) is 0 Å². The molecule has 32 heavy (non-hydrogen) atoms. The number of hydrogen-bond donors (Lipinski definition) is 1. The van der Waals surface area contributed by atoms with E-state index in [1.165, 1.54) is 22.3 Å². The third kappa shape index (κ3) is 3.68. The van der Waals surface area contributed by atoms with Gasteiger partial charge in [0.05, 0.1) is 19.8 Å². The van der Waals surface area contributed by atoms with Crippen LogP contribution in [0.2, 0.25) is 0 Å². The molecule has 0 bridgehead atoms. The molecule has 0 spiro atoms. The first-order chi connectivity index (χ1) is 15.6. The van der Waals surface area contributed by atoms with E-state index >= 15 is 0 Å². The second-order valence-electron chi connectivity index (χ2n) is 9.77. The predicted octanol–water partition coefficient (Wildman–Crippen LogP) is 5.08. The monoisotopic (exact) mass is 433 g/mol. The lowest BCUT2D eigenvalue weighted by Crippen LogP contribution is -2.49. The summed E-state index contributed by atoms with van der Waals surface area (Å²) >= 11 is 0. The first-order valence-electron chi connectivity index (χ1n) is 11.9. The van der Waals surface area contributed by atoms with Crippen LogP contribution in [0.5, 0.6) is 5.75 Å². The van der Waals surface area contributed by atoms with E-state index in [1.807, 2.05) is 13.2 Å². The normalized spacial score (nSPS) is 28.8. The zero-order valence-electron chi connectivity index (χ0n) is 19.4. The molecule has 2 aromatic rings. The summed E-state index contributed by atoms with van der Waals surface area (Å²) in [7, 11) is 3.57. The fraction of sp³-hybridized carbons (Fsp3) is 0.500. The van der Waals surface area contributed by atoms with Gasteiger partial charge in [-0.15, -0.1) is 0 Å². The molecule has 0 heterocycles. The van der Waals surface area contributed by atoms with E-state index in [4.69, 9.17) is 19.9 Å². The van der Waals surface area contributed by atoms with E-state index in [-0.39, 0.29) is 17.1 Å². The topological polar surface area (TPSA) is 53.7 Å². The first-order valence-corrected chi connectivity index (χ1v) is 11.9. The number of fused-ring (bicyclic) bond motifs is 4. The Balaban J connectivity index is 1.48. The maximum atomic E-state index is 7.00. The fourth-order valence-electron chi connectivity index (χ4n) is 6.49. The zero-order chi connectivity index (χ0) is 22.2. The Labute approximate surface area is 191 Å². The van der Waals surface area contributed by atoms with Crippen LogP contribution in [0.4, 0.5) is 0 Å². The molecular weight excluding hydrogens is 398 g/mol. The molecule has 2 aromatic carbocycles. The highest BCUT2D eigenvalue weighted by Crippen LogP contribution is 2.57. The van der Waals surface area contributed by atoms with Crippen LogP contribution in [0.1, 0.15) is 55.2 Å². The van der Waals surface area contributed by atoms with E-state index in [2.05, 4.69) is 42.5 Å². The predicted molar refractivity (Wildman–Crippen MR) is 127 cm³/mol. The maximum Gasteiger partial charge on any atom is 0.119 e. The number of methoxy groups -OCH3 is 2. The number of allylic oxidation sites excluding steroid dienone is 1. The van der Waals surface area contributed by atoms with Crippen LogP contribution >= 0.6 is 0 Å². The molecule has 3 aliphatic rings. The largest absolute Gasteiger partial charge is 0.497 e. The van der Waals surface area contributed by atoms with E-state index < -0.39 is 0 Å². The molecule has 4 heteroatoms. The van der Waals surface area contributed by atoms with Gasteiger partial charge in [0.1, 0.15) is 5.75 Å². The van der Waals surface area contributed by atoms with Gasteiger partial charge in [0.25, 0.3) is 0 Å². The van der Waals surface area contributed by atoms with Crippen LogP contribution in [0.25, 0.3) is 0 Å². The number of ether oxygens (including phenoxy) is 3. The van der Waals surface area contributed by atoms with Crippen LogP contribution in [0.15, 0.2) is 59.7 Å². The highest BCUT2D eigenvalue weighted by Gasteiger charge is 2.52. The zero-order valence-corrected chi connectivity index (χ0v) is 19.4. The van der Waals surface area contributed by atoms with E-state index in [9.17, 15) is 0 Å². The molecule has 5 rings (SSSR count). The third-order valence-electron chi connectivity index (χ3n) is 8.15. The van der Waals surface area contributed by atoms with Gasteiger partial charge in [0.2, 0.25) is 0 Å². The average Bonchev–Trinajstić information content (AvgIpc) is 3.19. The summed E-state index contributed by atoms with van der Waals surface area (Å²) in [5.41, 5.74) is 14.0. The highest BCUT2D eigenvalue weighted by molar-refractivity contribution is 5.54. The fourth-order valence-corrected chi connectivity index (χ4v) is 6.49. The maximum absolute atomic E-state index is 7.00. The molecule has 0 saturated heterocycles. The number of benzene rings is 2. The second kappa shape index (κ2) is 8.66. The number of aryl methyl sites for hydroxylation is 1. The summed E-state index contributed by atoms with van der Waals surface area (Å²) in [5, 5.41) is 0. The smallest absolute Gasteiger partial charge is 0.119 e. The van der Waals surface area contributed by atoms with Gasteiger partial charge in [-0.1, -0.05) is 42.0 Å². The molecule has 3 aliphatic carbocycles. The molecule has 3 atom stereocenters. The molecule has 2 N–H and O–H groups in total. The molecule has 4 nitrogen and oxygen atoms in total. The molecule has 0 aliphatic heterocycles. The van der Waals surface area contributed by atoms with Gasteiger partial charge < -0.3 is 19.9 Å². The summed E-state index contributed by atoms with van der Waals surface area (Å²) in [5.74, 6) is 0.944. The lowest BCUT2D eigenvalue weighted by atomic mass is 9.56. The SMILES string of the molecule is COc1ccc2c(c1)CCC1=C3CC(OC)C[C@]3(N)CCC12CCOCc1ccccc1. The number of nitrogens with two attached hydrogens (primary N) is 1. The van der Waals surface area contributed by atoms with Gasteiger partial charge in [-0.05, 0) is 79.3 Å². The third-order valence-corrected chi connectivity index (χ3v) is 8.15. The van der Waals surface area contributed by atoms with Crippen LogP contribution < -0.4 is 10.5 Å². The van der Waals surface area contributed by atoms with Crippen molar-refractivity contribution in [3.63, 3.8) is 0 Å². The quantitative estimate of drug-likeness (QED) is 0.489. The molecule has 0 amide bonds. The van der Waals surface area contributed by atoms with Gasteiger partial charge in [0.15, 0.2) is 0 Å². The van der Waals surface area contributed by atoms with Crippen molar-refractivity contribution in [1.82, 2.24) is 0 Å². The lowest BCUT2D eigenvalue weighted by Gasteiger charge is -2.49. The minimum absolute atomic E-state index is 0.0113. The summed E-state index contributed by atoms with van der Waals surface area (Å²) < 4.78 is 17.5. The van der Waals surface area contributed by atoms with E-state index in [1.54, 1.807) is 12.7 Å². The molecule has 1 saturated carbocycles. The van der Waals surface area contributed by atoms with Crippen molar-refractivity contribution in [2.75, 3.05) is 20.8 Å². The molecule has 1 fully saturated rings. The van der Waals surface area contributed by atoms with Crippen LogP contribution in [-0.2, 0) is 27.9 Å². The van der Waals surface area contributed by atoms with Crippen molar-refractivity contribution in [3.05, 3.63) is 76.4 Å². The van der Waals surface area contributed by atoms with Gasteiger partial charge >= 0.3 is 0 Å². The Morgan fingerprint density at radius 2 is 1.84 bits per heavy atom. The van der Waals surface area contributed by atoms with Gasteiger partial charge in [-0.3, -0.25) is 0 Å². The van der Waals surface area contributed by atoms with Gasteiger partial charge in [-0.25, -0.2) is 0 Å². The van der Waals surface area contributed by atoms with Crippen molar-refractivity contribution in [3.8, 4) is 5.75 Å². The Morgan fingerprint density at radius 1 is 1.00 bits per heavy atom. The second-order valence-corrected chi connectivity index (χ2v) is 9.77. The van der Waals surface area contributed by atoms with E-state index in [0.29, 0.717) is 6.61 Å². The van der Waals surface area contributed by atoms with Crippen LogP contribution in [0.3, 0.4) is 0 Å².